The minimum atomic E-state index is -0.511. The van der Waals surface area contributed by atoms with Gasteiger partial charge in [0, 0.05) is 12.3 Å². The van der Waals surface area contributed by atoms with Crippen molar-refractivity contribution in [3.05, 3.63) is 57.8 Å². The van der Waals surface area contributed by atoms with Crippen LogP contribution in [-0.2, 0) is 0 Å². The van der Waals surface area contributed by atoms with Crippen LogP contribution in [0, 0.1) is 22.4 Å². The molecule has 0 unspecified atom stereocenters. The molecule has 0 atom stereocenters. The molecule has 2 rings (SSSR count). The zero-order chi connectivity index (χ0) is 14.7. The number of pyridine rings is 1. The highest BCUT2D eigenvalue weighted by Gasteiger charge is 2.14. The molecule has 20 heavy (non-hydrogen) atoms. The van der Waals surface area contributed by atoms with Crippen LogP contribution in [0.25, 0.3) is 0 Å². The molecule has 0 saturated heterocycles. The van der Waals surface area contributed by atoms with Crippen molar-refractivity contribution in [2.45, 2.75) is 6.92 Å². The van der Waals surface area contributed by atoms with E-state index in [9.17, 15) is 10.1 Å². The van der Waals surface area contributed by atoms with Crippen molar-refractivity contribution in [1.29, 1.82) is 5.41 Å². The number of hydrogen-bond donors (Lipinski definition) is 2. The van der Waals surface area contributed by atoms with Gasteiger partial charge >= 0.3 is 0 Å². The first-order chi connectivity index (χ1) is 9.49. The first-order valence-corrected chi connectivity index (χ1v) is 5.71. The van der Waals surface area contributed by atoms with Gasteiger partial charge in [-0.2, -0.15) is 0 Å². The van der Waals surface area contributed by atoms with E-state index in [2.05, 4.69) is 4.98 Å². The van der Waals surface area contributed by atoms with Gasteiger partial charge in [-0.3, -0.25) is 15.5 Å². The van der Waals surface area contributed by atoms with E-state index >= 15 is 0 Å². The minimum absolute atomic E-state index is 0.0838. The normalized spacial score (nSPS) is 10.1. The Morgan fingerprint density at radius 3 is 2.85 bits per heavy atom. The topological polar surface area (TPSA) is 115 Å². The van der Waals surface area contributed by atoms with E-state index in [0.717, 1.165) is 5.56 Å². The van der Waals surface area contributed by atoms with Crippen LogP contribution in [0.3, 0.4) is 0 Å². The average molecular weight is 272 g/mol. The van der Waals surface area contributed by atoms with Crippen LogP contribution in [0.4, 0.5) is 5.69 Å². The van der Waals surface area contributed by atoms with E-state index < -0.39 is 4.92 Å². The molecule has 0 radical (unpaired) electrons. The predicted molar refractivity (Wildman–Crippen MR) is 73.2 cm³/mol. The van der Waals surface area contributed by atoms with Crippen LogP contribution in [-0.4, -0.2) is 15.7 Å². The third kappa shape index (κ3) is 2.72. The SMILES string of the molecule is Cc1ccnc(Oc2cccc([N+](=O)[O-])c2)c1C(=N)N. The number of ether oxygens (including phenoxy) is 1. The Kier molecular flexibility index (Phi) is 3.60. The second kappa shape index (κ2) is 5.35. The van der Waals surface area contributed by atoms with Crippen LogP contribution in [0.1, 0.15) is 11.1 Å². The molecule has 0 aliphatic carbocycles. The lowest BCUT2D eigenvalue weighted by Crippen LogP contribution is -2.14. The molecule has 0 fully saturated rings. The number of rotatable bonds is 4. The second-order valence-electron chi connectivity index (χ2n) is 4.08. The first kappa shape index (κ1) is 13.5. The van der Waals surface area contributed by atoms with Gasteiger partial charge in [-0.25, -0.2) is 4.98 Å². The Morgan fingerprint density at radius 1 is 1.45 bits per heavy atom. The molecule has 0 bridgehead atoms. The zero-order valence-electron chi connectivity index (χ0n) is 10.7. The summed E-state index contributed by atoms with van der Waals surface area (Å²) in [6.07, 6.45) is 1.52. The summed E-state index contributed by atoms with van der Waals surface area (Å²) in [4.78, 5) is 14.2. The second-order valence-corrected chi connectivity index (χ2v) is 4.08. The van der Waals surface area contributed by atoms with Crippen LogP contribution < -0.4 is 10.5 Å². The van der Waals surface area contributed by atoms with E-state index in [4.69, 9.17) is 15.9 Å². The van der Waals surface area contributed by atoms with E-state index in [1.54, 1.807) is 19.1 Å². The van der Waals surface area contributed by atoms with Gasteiger partial charge in [-0.15, -0.1) is 0 Å². The van der Waals surface area contributed by atoms with Crippen LogP contribution in [0.15, 0.2) is 36.5 Å². The summed E-state index contributed by atoms with van der Waals surface area (Å²) in [6, 6.07) is 7.44. The number of non-ortho nitro benzene ring substituents is 1. The summed E-state index contributed by atoms with van der Waals surface area (Å²) in [7, 11) is 0. The molecule has 1 aromatic heterocycles. The van der Waals surface area contributed by atoms with Crippen molar-refractivity contribution < 1.29 is 9.66 Å². The number of hydrogen-bond acceptors (Lipinski definition) is 5. The third-order valence-corrected chi connectivity index (χ3v) is 2.64. The lowest BCUT2D eigenvalue weighted by atomic mass is 10.1. The summed E-state index contributed by atoms with van der Waals surface area (Å²) < 4.78 is 5.51. The summed E-state index contributed by atoms with van der Waals surface area (Å²) in [6.45, 7) is 1.78. The number of nitrogen functional groups attached to an aromatic ring is 1. The Balaban J connectivity index is 2.40. The number of aromatic nitrogens is 1. The number of nitrogens with zero attached hydrogens (tertiary/aromatic N) is 2. The van der Waals surface area contributed by atoms with Crippen molar-refractivity contribution in [2.75, 3.05) is 0 Å². The molecular weight excluding hydrogens is 260 g/mol. The van der Waals surface area contributed by atoms with Gasteiger partial charge < -0.3 is 10.5 Å². The first-order valence-electron chi connectivity index (χ1n) is 5.71. The molecule has 1 heterocycles. The van der Waals surface area contributed by atoms with E-state index in [1.807, 2.05) is 0 Å². The fraction of sp³-hybridized carbons (Fsp3) is 0.0769. The van der Waals surface area contributed by atoms with Gasteiger partial charge in [0.05, 0.1) is 16.6 Å². The molecule has 7 nitrogen and oxygen atoms in total. The number of nitro benzene ring substituents is 1. The number of nitrogens with two attached hydrogens (primary N) is 1. The monoisotopic (exact) mass is 272 g/mol. The zero-order valence-corrected chi connectivity index (χ0v) is 10.7. The van der Waals surface area contributed by atoms with Gasteiger partial charge in [0.1, 0.15) is 11.6 Å². The molecular formula is C13H12N4O3. The number of nitrogens with one attached hydrogen (secondary N) is 1. The quantitative estimate of drug-likeness (QED) is 0.383. The van der Waals surface area contributed by atoms with Gasteiger partial charge in [0.2, 0.25) is 5.88 Å². The van der Waals surface area contributed by atoms with E-state index in [-0.39, 0.29) is 23.2 Å². The van der Waals surface area contributed by atoms with Crippen LogP contribution >= 0.6 is 0 Å². The summed E-state index contributed by atoms with van der Waals surface area (Å²) in [5.74, 6) is 0.244. The maximum absolute atomic E-state index is 10.7. The molecule has 3 N–H and O–H groups in total. The van der Waals surface area contributed by atoms with Crippen molar-refractivity contribution in [2.24, 2.45) is 5.73 Å². The number of benzene rings is 1. The van der Waals surface area contributed by atoms with E-state index in [1.165, 1.54) is 24.4 Å². The van der Waals surface area contributed by atoms with Crippen molar-refractivity contribution in [3.8, 4) is 11.6 Å². The molecule has 102 valence electrons. The fourth-order valence-electron chi connectivity index (χ4n) is 1.71. The average Bonchev–Trinajstić information content (AvgIpc) is 2.38. The Bertz CT molecular complexity index is 685. The number of aryl methyl sites for hydroxylation is 1. The third-order valence-electron chi connectivity index (χ3n) is 2.64. The van der Waals surface area contributed by atoms with Crippen molar-refractivity contribution in [1.82, 2.24) is 4.98 Å². The van der Waals surface area contributed by atoms with Crippen LogP contribution in [0.2, 0.25) is 0 Å². The highest BCUT2D eigenvalue weighted by Crippen LogP contribution is 2.27. The van der Waals surface area contributed by atoms with Gasteiger partial charge in [-0.05, 0) is 24.6 Å². The lowest BCUT2D eigenvalue weighted by Gasteiger charge is -2.10. The summed E-state index contributed by atoms with van der Waals surface area (Å²) in [5, 5.41) is 18.3. The number of amidine groups is 1. The molecule has 0 aliphatic rings. The molecule has 0 saturated carbocycles. The number of nitro groups is 1. The minimum Gasteiger partial charge on any atom is -0.438 e. The van der Waals surface area contributed by atoms with Crippen molar-refractivity contribution in [3.63, 3.8) is 0 Å². The van der Waals surface area contributed by atoms with Crippen LogP contribution in [0.5, 0.6) is 11.6 Å². The highest BCUT2D eigenvalue weighted by atomic mass is 16.6. The lowest BCUT2D eigenvalue weighted by molar-refractivity contribution is -0.384. The van der Waals surface area contributed by atoms with Gasteiger partial charge in [-0.1, -0.05) is 6.07 Å². The Morgan fingerprint density at radius 2 is 2.20 bits per heavy atom. The fourth-order valence-corrected chi connectivity index (χ4v) is 1.71. The standard InChI is InChI=1S/C13H12N4O3/c1-8-5-6-16-13(11(8)12(14)15)20-10-4-2-3-9(7-10)17(18)19/h2-7H,1H3,(H3,14,15). The summed E-state index contributed by atoms with van der Waals surface area (Å²) >= 11 is 0. The molecule has 7 heteroatoms. The highest BCUT2D eigenvalue weighted by molar-refractivity contribution is 5.98. The molecule has 0 aliphatic heterocycles. The molecule has 1 aromatic carbocycles. The van der Waals surface area contributed by atoms with Gasteiger partial charge in [0.25, 0.3) is 5.69 Å². The predicted octanol–water partition coefficient (Wildman–Crippen LogP) is 2.37. The Hall–Kier alpha value is -2.96. The van der Waals surface area contributed by atoms with Crippen molar-refractivity contribution >= 4 is 11.5 Å². The smallest absolute Gasteiger partial charge is 0.273 e. The maximum atomic E-state index is 10.7. The Labute approximate surface area is 114 Å². The molecule has 0 amide bonds. The largest absolute Gasteiger partial charge is 0.438 e. The molecule has 2 aromatic rings. The summed E-state index contributed by atoms with van der Waals surface area (Å²) in [5.41, 5.74) is 6.54. The maximum Gasteiger partial charge on any atom is 0.273 e. The molecule has 0 spiro atoms. The van der Waals surface area contributed by atoms with E-state index in [0.29, 0.717) is 5.56 Å². The van der Waals surface area contributed by atoms with Gasteiger partial charge in [0.15, 0.2) is 0 Å².